The van der Waals surface area contributed by atoms with Gasteiger partial charge < -0.3 is 14.8 Å². The summed E-state index contributed by atoms with van der Waals surface area (Å²) < 4.78 is 11.4. The van der Waals surface area contributed by atoms with E-state index < -0.39 is 0 Å². The Bertz CT molecular complexity index is 806. The molecule has 28 heavy (non-hydrogen) atoms. The SMILES string of the molecule is CC(C)COc1cccc(NC(=S)NC(=O)c2cccc(OCC(C)C)c2)c1. The fourth-order valence-corrected chi connectivity index (χ4v) is 2.46. The Morgan fingerprint density at radius 2 is 1.50 bits per heavy atom. The van der Waals surface area contributed by atoms with Crippen molar-refractivity contribution >= 4 is 28.9 Å². The number of nitrogens with one attached hydrogen (secondary N) is 2. The first-order valence-electron chi connectivity index (χ1n) is 9.41. The lowest BCUT2D eigenvalue weighted by Gasteiger charge is -2.13. The number of amides is 1. The lowest BCUT2D eigenvalue weighted by Crippen LogP contribution is -2.34. The highest BCUT2D eigenvalue weighted by Crippen LogP contribution is 2.18. The number of hydrogen-bond donors (Lipinski definition) is 2. The maximum absolute atomic E-state index is 12.5. The largest absolute Gasteiger partial charge is 0.493 e. The number of carbonyl (C=O) groups excluding carboxylic acids is 1. The van der Waals surface area contributed by atoms with E-state index in [4.69, 9.17) is 21.7 Å². The number of anilines is 1. The van der Waals surface area contributed by atoms with Gasteiger partial charge in [-0.05, 0) is 54.4 Å². The average Bonchev–Trinajstić information content (AvgIpc) is 2.65. The summed E-state index contributed by atoms with van der Waals surface area (Å²) in [5.41, 5.74) is 1.24. The van der Waals surface area contributed by atoms with E-state index >= 15 is 0 Å². The van der Waals surface area contributed by atoms with Crippen LogP contribution in [-0.4, -0.2) is 24.2 Å². The lowest BCUT2D eigenvalue weighted by atomic mass is 10.2. The molecule has 0 aliphatic carbocycles. The number of thiocarbonyl (C=S) groups is 1. The van der Waals surface area contributed by atoms with E-state index in [-0.39, 0.29) is 11.0 Å². The summed E-state index contributed by atoms with van der Waals surface area (Å²) in [5, 5.41) is 5.93. The minimum atomic E-state index is -0.292. The van der Waals surface area contributed by atoms with Gasteiger partial charge in [-0.15, -0.1) is 0 Å². The second-order valence-electron chi connectivity index (χ2n) is 7.37. The molecular formula is C22H28N2O3S. The van der Waals surface area contributed by atoms with Crippen LogP contribution in [0.25, 0.3) is 0 Å². The maximum Gasteiger partial charge on any atom is 0.257 e. The number of hydrogen-bond acceptors (Lipinski definition) is 4. The van der Waals surface area contributed by atoms with E-state index in [0.717, 1.165) is 11.4 Å². The summed E-state index contributed by atoms with van der Waals surface area (Å²) in [7, 11) is 0. The predicted octanol–water partition coefficient (Wildman–Crippen LogP) is 4.88. The maximum atomic E-state index is 12.5. The van der Waals surface area contributed by atoms with Crippen molar-refractivity contribution in [1.82, 2.24) is 5.32 Å². The molecule has 0 aliphatic heterocycles. The average molecular weight is 401 g/mol. The molecule has 0 bridgehead atoms. The third-order valence-electron chi connectivity index (χ3n) is 3.58. The van der Waals surface area contributed by atoms with Crippen molar-refractivity contribution < 1.29 is 14.3 Å². The zero-order valence-corrected chi connectivity index (χ0v) is 17.6. The standard InChI is InChI=1S/C22H28N2O3S/c1-15(2)13-26-19-9-5-7-17(11-19)21(25)24-22(28)23-18-8-6-10-20(12-18)27-14-16(3)4/h5-12,15-16H,13-14H2,1-4H3,(H2,23,24,25,28). The van der Waals surface area contributed by atoms with Crippen molar-refractivity contribution in [2.45, 2.75) is 27.7 Å². The number of ether oxygens (including phenoxy) is 2. The molecule has 2 rings (SSSR count). The molecule has 0 spiro atoms. The molecule has 0 saturated heterocycles. The summed E-state index contributed by atoms with van der Waals surface area (Å²) >= 11 is 5.26. The summed E-state index contributed by atoms with van der Waals surface area (Å²) in [4.78, 5) is 12.5. The Morgan fingerprint density at radius 3 is 2.11 bits per heavy atom. The molecular weight excluding hydrogens is 372 g/mol. The highest BCUT2D eigenvalue weighted by Gasteiger charge is 2.10. The first-order chi connectivity index (χ1) is 13.3. The highest BCUT2D eigenvalue weighted by atomic mass is 32.1. The van der Waals surface area contributed by atoms with Crippen molar-refractivity contribution in [3.8, 4) is 11.5 Å². The van der Waals surface area contributed by atoms with Gasteiger partial charge in [-0.1, -0.05) is 39.8 Å². The van der Waals surface area contributed by atoms with Crippen LogP contribution in [-0.2, 0) is 0 Å². The topological polar surface area (TPSA) is 59.6 Å². The van der Waals surface area contributed by atoms with Gasteiger partial charge in [0.2, 0.25) is 0 Å². The molecule has 0 atom stereocenters. The van der Waals surface area contributed by atoms with Gasteiger partial charge in [0.05, 0.1) is 13.2 Å². The Labute approximate surface area is 172 Å². The first-order valence-corrected chi connectivity index (χ1v) is 9.82. The van der Waals surface area contributed by atoms with Crippen molar-refractivity contribution in [1.29, 1.82) is 0 Å². The van der Waals surface area contributed by atoms with E-state index in [1.807, 2.05) is 30.3 Å². The van der Waals surface area contributed by atoms with Crippen molar-refractivity contribution in [2.75, 3.05) is 18.5 Å². The van der Waals surface area contributed by atoms with Crippen LogP contribution in [0.4, 0.5) is 5.69 Å². The van der Waals surface area contributed by atoms with E-state index in [1.165, 1.54) is 0 Å². The molecule has 150 valence electrons. The molecule has 2 aromatic carbocycles. The molecule has 2 N–H and O–H groups in total. The minimum absolute atomic E-state index is 0.222. The third kappa shape index (κ3) is 7.56. The lowest BCUT2D eigenvalue weighted by molar-refractivity contribution is 0.0977. The zero-order valence-electron chi connectivity index (χ0n) is 16.8. The second-order valence-corrected chi connectivity index (χ2v) is 7.78. The van der Waals surface area contributed by atoms with Gasteiger partial charge in [-0.2, -0.15) is 0 Å². The summed E-state index contributed by atoms with van der Waals surface area (Å²) in [6.07, 6.45) is 0. The first kappa shape index (κ1) is 21.7. The molecule has 0 unspecified atom stereocenters. The van der Waals surface area contributed by atoms with Crippen LogP contribution in [0.3, 0.4) is 0 Å². The van der Waals surface area contributed by atoms with Crippen molar-refractivity contribution in [3.05, 3.63) is 54.1 Å². The van der Waals surface area contributed by atoms with Crippen LogP contribution in [0, 0.1) is 11.8 Å². The highest BCUT2D eigenvalue weighted by molar-refractivity contribution is 7.80. The van der Waals surface area contributed by atoms with Crippen LogP contribution in [0.15, 0.2) is 48.5 Å². The molecule has 1 amide bonds. The van der Waals surface area contributed by atoms with Gasteiger partial charge in [-0.3, -0.25) is 10.1 Å². The van der Waals surface area contributed by atoms with E-state index in [0.29, 0.717) is 36.4 Å². The van der Waals surface area contributed by atoms with Crippen molar-refractivity contribution in [3.63, 3.8) is 0 Å². The van der Waals surface area contributed by atoms with Gasteiger partial charge in [-0.25, -0.2) is 0 Å². The minimum Gasteiger partial charge on any atom is -0.493 e. The van der Waals surface area contributed by atoms with Crippen LogP contribution >= 0.6 is 12.2 Å². The van der Waals surface area contributed by atoms with E-state index in [1.54, 1.807) is 18.2 Å². The van der Waals surface area contributed by atoms with Gasteiger partial charge in [0.15, 0.2) is 5.11 Å². The molecule has 0 aromatic heterocycles. The third-order valence-corrected chi connectivity index (χ3v) is 3.79. The zero-order chi connectivity index (χ0) is 20.5. The summed E-state index contributed by atoms with van der Waals surface area (Å²) in [5.74, 6) is 1.98. The molecule has 0 fully saturated rings. The van der Waals surface area contributed by atoms with Crippen LogP contribution in [0.5, 0.6) is 11.5 Å². The number of rotatable bonds is 8. The van der Waals surface area contributed by atoms with Gasteiger partial charge in [0.25, 0.3) is 5.91 Å². The molecule has 5 nitrogen and oxygen atoms in total. The van der Waals surface area contributed by atoms with Gasteiger partial charge in [0, 0.05) is 17.3 Å². The van der Waals surface area contributed by atoms with Gasteiger partial charge in [0.1, 0.15) is 11.5 Å². The normalized spacial score (nSPS) is 10.6. The quantitative estimate of drug-likeness (QED) is 0.618. The molecule has 0 saturated carbocycles. The monoisotopic (exact) mass is 400 g/mol. The molecule has 2 aromatic rings. The fraction of sp³-hybridized carbons (Fsp3) is 0.364. The molecule has 0 aliphatic rings. The Morgan fingerprint density at radius 1 is 0.929 bits per heavy atom. The molecule has 0 radical (unpaired) electrons. The fourth-order valence-electron chi connectivity index (χ4n) is 2.25. The Hall–Kier alpha value is -2.60. The molecule has 0 heterocycles. The van der Waals surface area contributed by atoms with E-state index in [9.17, 15) is 4.79 Å². The number of benzene rings is 2. The van der Waals surface area contributed by atoms with Crippen LogP contribution < -0.4 is 20.1 Å². The van der Waals surface area contributed by atoms with Crippen molar-refractivity contribution in [2.24, 2.45) is 11.8 Å². The summed E-state index contributed by atoms with van der Waals surface area (Å²) in [6.45, 7) is 9.57. The van der Waals surface area contributed by atoms with Crippen LogP contribution in [0.1, 0.15) is 38.1 Å². The second kappa shape index (κ2) is 10.7. The Kier molecular flexibility index (Phi) is 8.26. The Balaban J connectivity index is 1.93. The number of carbonyl (C=O) groups is 1. The predicted molar refractivity (Wildman–Crippen MR) is 117 cm³/mol. The summed E-state index contributed by atoms with van der Waals surface area (Å²) in [6, 6.07) is 14.5. The van der Waals surface area contributed by atoms with Crippen LogP contribution in [0.2, 0.25) is 0 Å². The smallest absolute Gasteiger partial charge is 0.257 e. The van der Waals surface area contributed by atoms with Gasteiger partial charge >= 0.3 is 0 Å². The van der Waals surface area contributed by atoms with E-state index in [2.05, 4.69) is 38.3 Å². The molecule has 6 heteroatoms.